The number of carbonyl (C=O) groups excluding carboxylic acids is 2. The predicted molar refractivity (Wildman–Crippen MR) is 398 cm³/mol. The SMILES string of the molecule is CCCCCCCC/C=C\CCCCCCCCCC(=O)OCCCCCCCCCCCCCCCCCCCCCCCCCCCCCCCCCCCCCC(=O)NC(CO)C(O)/C=C/CCCCCCCCCCCCCCCCCCCCC. The van der Waals surface area contributed by atoms with Gasteiger partial charge < -0.3 is 20.3 Å². The molecular formula is C84H163NO5. The summed E-state index contributed by atoms with van der Waals surface area (Å²) in [7, 11) is 0. The maximum atomic E-state index is 12.5. The van der Waals surface area contributed by atoms with Gasteiger partial charge >= 0.3 is 5.97 Å². The van der Waals surface area contributed by atoms with Crippen LogP contribution in [0.4, 0.5) is 0 Å². The van der Waals surface area contributed by atoms with E-state index in [1.165, 1.54) is 411 Å². The molecule has 0 aliphatic carbocycles. The molecule has 0 radical (unpaired) electrons. The van der Waals surface area contributed by atoms with Crippen molar-refractivity contribution in [1.82, 2.24) is 5.32 Å². The molecule has 0 rings (SSSR count). The van der Waals surface area contributed by atoms with E-state index >= 15 is 0 Å². The van der Waals surface area contributed by atoms with E-state index in [1.807, 2.05) is 6.08 Å². The molecule has 0 aliphatic heterocycles. The highest BCUT2D eigenvalue weighted by atomic mass is 16.5. The summed E-state index contributed by atoms with van der Waals surface area (Å²) in [5, 5.41) is 23.3. The Bertz CT molecular complexity index is 1410. The Morgan fingerprint density at radius 2 is 0.522 bits per heavy atom. The fourth-order valence-corrected chi connectivity index (χ4v) is 13.4. The molecule has 0 bridgehead atoms. The van der Waals surface area contributed by atoms with Crippen molar-refractivity contribution in [2.24, 2.45) is 0 Å². The first-order valence-corrected chi connectivity index (χ1v) is 41.6. The number of nitrogens with one attached hydrogen (secondary N) is 1. The van der Waals surface area contributed by atoms with Gasteiger partial charge in [-0.1, -0.05) is 430 Å². The van der Waals surface area contributed by atoms with E-state index in [0.29, 0.717) is 19.4 Å². The predicted octanol–water partition coefficient (Wildman–Crippen LogP) is 27.6. The highest BCUT2D eigenvalue weighted by Gasteiger charge is 2.18. The number of ether oxygens (including phenoxy) is 1. The highest BCUT2D eigenvalue weighted by Crippen LogP contribution is 2.20. The van der Waals surface area contributed by atoms with Crippen molar-refractivity contribution in [2.45, 2.75) is 488 Å². The summed E-state index contributed by atoms with van der Waals surface area (Å²) in [5.74, 6) is -0.0374. The largest absolute Gasteiger partial charge is 0.466 e. The topological polar surface area (TPSA) is 95.9 Å². The van der Waals surface area contributed by atoms with Gasteiger partial charge in [0.15, 0.2) is 0 Å². The second-order valence-electron chi connectivity index (χ2n) is 28.8. The van der Waals surface area contributed by atoms with E-state index in [4.69, 9.17) is 4.74 Å². The lowest BCUT2D eigenvalue weighted by Crippen LogP contribution is -2.45. The van der Waals surface area contributed by atoms with E-state index < -0.39 is 12.1 Å². The Morgan fingerprint density at radius 1 is 0.300 bits per heavy atom. The lowest BCUT2D eigenvalue weighted by Gasteiger charge is -2.20. The van der Waals surface area contributed by atoms with Crippen LogP contribution in [0.1, 0.15) is 476 Å². The quantitative estimate of drug-likeness (QED) is 0.0320. The molecule has 534 valence electrons. The molecule has 0 aliphatic rings. The minimum atomic E-state index is -0.842. The van der Waals surface area contributed by atoms with Crippen LogP contribution in [0.3, 0.4) is 0 Å². The Labute approximate surface area is 564 Å². The molecule has 6 heteroatoms. The average molecular weight is 1270 g/mol. The number of unbranched alkanes of at least 4 members (excludes halogenated alkanes) is 66. The number of hydrogen-bond acceptors (Lipinski definition) is 5. The second kappa shape index (κ2) is 79.8. The summed E-state index contributed by atoms with van der Waals surface area (Å²) in [6.45, 7) is 4.96. The van der Waals surface area contributed by atoms with Crippen LogP contribution in [-0.2, 0) is 14.3 Å². The van der Waals surface area contributed by atoms with Crippen LogP contribution < -0.4 is 5.32 Å². The van der Waals surface area contributed by atoms with E-state index in [2.05, 4.69) is 31.3 Å². The molecule has 0 spiro atoms. The molecule has 0 aromatic heterocycles. The van der Waals surface area contributed by atoms with Crippen molar-refractivity contribution in [2.75, 3.05) is 13.2 Å². The maximum absolute atomic E-state index is 12.5. The van der Waals surface area contributed by atoms with Gasteiger partial charge in [-0.15, -0.1) is 0 Å². The summed E-state index contributed by atoms with van der Waals surface area (Å²) >= 11 is 0. The molecule has 0 saturated heterocycles. The van der Waals surface area contributed by atoms with Crippen LogP contribution in [-0.4, -0.2) is 47.4 Å². The van der Waals surface area contributed by atoms with Crippen LogP contribution >= 0.6 is 0 Å². The smallest absolute Gasteiger partial charge is 0.305 e. The van der Waals surface area contributed by atoms with E-state index in [-0.39, 0.29) is 18.5 Å². The van der Waals surface area contributed by atoms with Crippen molar-refractivity contribution in [3.63, 3.8) is 0 Å². The third kappa shape index (κ3) is 75.4. The van der Waals surface area contributed by atoms with Crippen LogP contribution in [0.2, 0.25) is 0 Å². The van der Waals surface area contributed by atoms with Crippen molar-refractivity contribution in [1.29, 1.82) is 0 Å². The van der Waals surface area contributed by atoms with E-state index in [9.17, 15) is 19.8 Å². The zero-order chi connectivity index (χ0) is 64.9. The lowest BCUT2D eigenvalue weighted by molar-refractivity contribution is -0.143. The van der Waals surface area contributed by atoms with Crippen LogP contribution in [0.25, 0.3) is 0 Å². The standard InChI is InChI=1S/C84H163NO5/c1-3-5-7-9-11-13-15-17-19-21-22-38-41-45-48-52-56-60-64-68-72-76-82(87)81(80-86)85-83(88)77-73-69-65-61-57-53-49-46-42-39-36-34-32-30-28-26-24-23-25-27-29-31-33-35-37-40-43-47-51-55-59-63-67-71-75-79-90-84(89)78-74-70-66-62-58-54-50-44-20-18-16-14-12-10-8-6-4-2/h18,20,72,76,81-82,86-87H,3-17,19,21-71,73-75,77-80H2,1-2H3,(H,85,88)/b20-18-,76-72+. The first-order valence-electron chi connectivity index (χ1n) is 41.6. The normalized spacial score (nSPS) is 12.5. The molecule has 3 N–H and O–H groups in total. The summed E-state index contributed by atoms with van der Waals surface area (Å²) in [5.41, 5.74) is 0. The van der Waals surface area contributed by atoms with Crippen molar-refractivity contribution >= 4 is 11.9 Å². The van der Waals surface area contributed by atoms with Crippen LogP contribution in [0.5, 0.6) is 0 Å². The maximum Gasteiger partial charge on any atom is 0.305 e. The van der Waals surface area contributed by atoms with Gasteiger partial charge in [-0.25, -0.2) is 0 Å². The molecule has 90 heavy (non-hydrogen) atoms. The number of hydrogen-bond donors (Lipinski definition) is 3. The minimum absolute atomic E-state index is 0.0201. The lowest BCUT2D eigenvalue weighted by atomic mass is 10.0. The van der Waals surface area contributed by atoms with Gasteiger partial charge in [0.25, 0.3) is 0 Å². The monoisotopic (exact) mass is 1270 g/mol. The molecule has 0 aromatic rings. The van der Waals surface area contributed by atoms with Gasteiger partial charge in [-0.2, -0.15) is 0 Å². The number of rotatable bonds is 79. The minimum Gasteiger partial charge on any atom is -0.466 e. The Kier molecular flexibility index (Phi) is 78.3. The van der Waals surface area contributed by atoms with Crippen LogP contribution in [0, 0.1) is 0 Å². The van der Waals surface area contributed by atoms with Crippen LogP contribution in [0.15, 0.2) is 24.3 Å². The average Bonchev–Trinajstić information content (AvgIpc) is 3.67. The molecule has 2 atom stereocenters. The number of aliphatic hydroxyl groups is 2. The van der Waals surface area contributed by atoms with Crippen molar-refractivity contribution < 1.29 is 24.5 Å². The first kappa shape index (κ1) is 88.3. The van der Waals surface area contributed by atoms with Gasteiger partial charge in [0.2, 0.25) is 5.91 Å². The first-order chi connectivity index (χ1) is 44.5. The number of aliphatic hydroxyl groups excluding tert-OH is 2. The molecule has 0 heterocycles. The van der Waals surface area contributed by atoms with Crippen molar-refractivity contribution in [3.8, 4) is 0 Å². The Balaban J connectivity index is 3.32. The number of esters is 1. The molecule has 0 saturated carbocycles. The number of amides is 1. The summed E-state index contributed by atoms with van der Waals surface area (Å²) in [6.07, 6.45) is 103. The van der Waals surface area contributed by atoms with Gasteiger partial charge in [0.05, 0.1) is 25.4 Å². The van der Waals surface area contributed by atoms with Gasteiger partial charge in [0, 0.05) is 12.8 Å². The Morgan fingerprint density at radius 3 is 0.789 bits per heavy atom. The zero-order valence-electron chi connectivity index (χ0n) is 61.4. The summed E-state index contributed by atoms with van der Waals surface area (Å²) < 4.78 is 5.51. The Hall–Kier alpha value is -1.66. The summed E-state index contributed by atoms with van der Waals surface area (Å²) in [6, 6.07) is -0.625. The van der Waals surface area contributed by atoms with Crippen molar-refractivity contribution in [3.05, 3.63) is 24.3 Å². The number of carbonyl (C=O) groups is 2. The second-order valence-corrected chi connectivity index (χ2v) is 28.8. The fourth-order valence-electron chi connectivity index (χ4n) is 13.4. The summed E-state index contributed by atoms with van der Waals surface area (Å²) in [4.78, 5) is 24.7. The van der Waals surface area contributed by atoms with Gasteiger partial charge in [-0.05, 0) is 57.8 Å². The zero-order valence-corrected chi connectivity index (χ0v) is 61.4. The molecule has 1 amide bonds. The van der Waals surface area contributed by atoms with E-state index in [1.54, 1.807) is 6.08 Å². The third-order valence-corrected chi connectivity index (χ3v) is 19.7. The fraction of sp³-hybridized carbons (Fsp3) is 0.929. The molecular weight excluding hydrogens is 1100 g/mol. The highest BCUT2D eigenvalue weighted by molar-refractivity contribution is 5.76. The molecule has 0 fully saturated rings. The van der Waals surface area contributed by atoms with Gasteiger partial charge in [-0.3, -0.25) is 9.59 Å². The third-order valence-electron chi connectivity index (χ3n) is 19.7. The number of allylic oxidation sites excluding steroid dienone is 3. The molecule has 6 nitrogen and oxygen atoms in total. The van der Waals surface area contributed by atoms with E-state index in [0.717, 1.165) is 38.5 Å². The molecule has 0 aromatic carbocycles. The van der Waals surface area contributed by atoms with Gasteiger partial charge in [0.1, 0.15) is 0 Å². The molecule has 2 unspecified atom stereocenters.